The molecule has 2 unspecified atom stereocenters. The monoisotopic (exact) mass is 292 g/mol. The van der Waals surface area contributed by atoms with Crippen LogP contribution in [0.1, 0.15) is 40.7 Å². The van der Waals surface area contributed by atoms with Crippen LogP contribution in [0.5, 0.6) is 0 Å². The third-order valence-corrected chi connectivity index (χ3v) is 4.07. The molecular weight excluding hydrogens is 277 g/mol. The van der Waals surface area contributed by atoms with Crippen LogP contribution in [0.15, 0.2) is 48.5 Å². The van der Waals surface area contributed by atoms with E-state index in [0.29, 0.717) is 12.0 Å². The molecule has 2 aromatic rings. The number of aliphatic hydroxyl groups is 1. The van der Waals surface area contributed by atoms with Crippen molar-refractivity contribution in [2.45, 2.75) is 31.0 Å². The topological polar surface area (TPSA) is 20.2 Å². The highest BCUT2D eigenvalue weighted by molar-refractivity contribution is 5.40. The van der Waals surface area contributed by atoms with E-state index in [1.54, 1.807) is 6.07 Å². The van der Waals surface area contributed by atoms with E-state index in [9.17, 15) is 18.3 Å². The van der Waals surface area contributed by atoms with Crippen molar-refractivity contribution in [1.29, 1.82) is 0 Å². The SMILES string of the molecule is OC(CC1Cc2ccccc21)c1cccc(C(F)(F)F)c1. The van der Waals surface area contributed by atoms with E-state index in [1.165, 1.54) is 17.2 Å². The summed E-state index contributed by atoms with van der Waals surface area (Å²) in [7, 11) is 0. The van der Waals surface area contributed by atoms with Gasteiger partial charge >= 0.3 is 6.18 Å². The van der Waals surface area contributed by atoms with Crippen molar-refractivity contribution in [1.82, 2.24) is 0 Å². The lowest BCUT2D eigenvalue weighted by Gasteiger charge is -2.31. The lowest BCUT2D eigenvalue weighted by atomic mass is 9.74. The van der Waals surface area contributed by atoms with Gasteiger partial charge in [0.1, 0.15) is 0 Å². The Labute approximate surface area is 121 Å². The first-order chi connectivity index (χ1) is 9.95. The van der Waals surface area contributed by atoms with E-state index in [0.717, 1.165) is 18.6 Å². The molecule has 2 aromatic carbocycles. The van der Waals surface area contributed by atoms with Gasteiger partial charge in [0, 0.05) is 0 Å². The van der Waals surface area contributed by atoms with E-state index in [-0.39, 0.29) is 5.92 Å². The third-order valence-electron chi connectivity index (χ3n) is 4.07. The summed E-state index contributed by atoms with van der Waals surface area (Å²) in [6, 6.07) is 12.9. The summed E-state index contributed by atoms with van der Waals surface area (Å²) in [6.07, 6.45) is -3.91. The van der Waals surface area contributed by atoms with Gasteiger partial charge < -0.3 is 5.11 Å². The molecule has 1 aliphatic rings. The van der Waals surface area contributed by atoms with Crippen LogP contribution in [0.2, 0.25) is 0 Å². The van der Waals surface area contributed by atoms with Gasteiger partial charge in [0.2, 0.25) is 0 Å². The van der Waals surface area contributed by atoms with Gasteiger partial charge in [-0.25, -0.2) is 0 Å². The summed E-state index contributed by atoms with van der Waals surface area (Å²) in [6.45, 7) is 0. The predicted molar refractivity (Wildman–Crippen MR) is 73.9 cm³/mol. The molecule has 0 saturated heterocycles. The zero-order chi connectivity index (χ0) is 15.0. The highest BCUT2D eigenvalue weighted by atomic mass is 19.4. The molecule has 2 atom stereocenters. The van der Waals surface area contributed by atoms with Crippen molar-refractivity contribution in [2.75, 3.05) is 0 Å². The lowest BCUT2D eigenvalue weighted by molar-refractivity contribution is -0.137. The second-order valence-corrected chi connectivity index (χ2v) is 5.47. The van der Waals surface area contributed by atoms with Gasteiger partial charge in [-0.2, -0.15) is 13.2 Å². The standard InChI is InChI=1S/C17H15F3O/c18-17(19,20)14-6-3-5-12(9-14)16(21)10-13-8-11-4-1-2-7-15(11)13/h1-7,9,13,16,21H,8,10H2. The minimum Gasteiger partial charge on any atom is -0.388 e. The summed E-state index contributed by atoms with van der Waals surface area (Å²) >= 11 is 0. The number of alkyl halides is 3. The van der Waals surface area contributed by atoms with Gasteiger partial charge in [-0.3, -0.25) is 0 Å². The Morgan fingerprint density at radius 3 is 2.57 bits per heavy atom. The van der Waals surface area contributed by atoms with E-state index < -0.39 is 17.8 Å². The molecule has 21 heavy (non-hydrogen) atoms. The van der Waals surface area contributed by atoms with Crippen molar-refractivity contribution in [3.8, 4) is 0 Å². The smallest absolute Gasteiger partial charge is 0.388 e. The maximum atomic E-state index is 12.7. The zero-order valence-electron chi connectivity index (χ0n) is 11.3. The van der Waals surface area contributed by atoms with Crippen LogP contribution >= 0.6 is 0 Å². The van der Waals surface area contributed by atoms with Crippen LogP contribution in [0.25, 0.3) is 0 Å². The number of aliphatic hydroxyl groups excluding tert-OH is 1. The number of hydrogen-bond donors (Lipinski definition) is 1. The van der Waals surface area contributed by atoms with Crippen LogP contribution in [0, 0.1) is 0 Å². The summed E-state index contributed by atoms with van der Waals surface area (Å²) in [5, 5.41) is 10.2. The maximum absolute atomic E-state index is 12.7. The molecule has 0 amide bonds. The minimum atomic E-state index is -4.38. The van der Waals surface area contributed by atoms with Crippen molar-refractivity contribution in [2.24, 2.45) is 0 Å². The second-order valence-electron chi connectivity index (χ2n) is 5.47. The average molecular weight is 292 g/mol. The van der Waals surface area contributed by atoms with Crippen molar-refractivity contribution >= 4 is 0 Å². The fourth-order valence-corrected chi connectivity index (χ4v) is 2.90. The zero-order valence-corrected chi connectivity index (χ0v) is 11.3. The highest BCUT2D eigenvalue weighted by Crippen LogP contribution is 2.41. The van der Waals surface area contributed by atoms with Gasteiger partial charge in [0.15, 0.2) is 0 Å². The third kappa shape index (κ3) is 2.81. The fourth-order valence-electron chi connectivity index (χ4n) is 2.90. The van der Waals surface area contributed by atoms with E-state index >= 15 is 0 Å². The van der Waals surface area contributed by atoms with Gasteiger partial charge in [-0.1, -0.05) is 36.4 Å². The Morgan fingerprint density at radius 2 is 1.86 bits per heavy atom. The summed E-state index contributed by atoms with van der Waals surface area (Å²) in [5.74, 6) is 0.228. The number of halogens is 3. The molecule has 0 saturated carbocycles. The Balaban J connectivity index is 1.74. The summed E-state index contributed by atoms with van der Waals surface area (Å²) < 4.78 is 38.1. The van der Waals surface area contributed by atoms with Crippen molar-refractivity contribution < 1.29 is 18.3 Å². The molecule has 1 nitrogen and oxygen atoms in total. The van der Waals surface area contributed by atoms with Crippen LogP contribution < -0.4 is 0 Å². The number of fused-ring (bicyclic) bond motifs is 1. The molecule has 3 rings (SSSR count). The van der Waals surface area contributed by atoms with Crippen LogP contribution in [-0.4, -0.2) is 5.11 Å². The Bertz CT molecular complexity index is 648. The van der Waals surface area contributed by atoms with Gasteiger partial charge in [0.05, 0.1) is 11.7 Å². The molecule has 1 N–H and O–H groups in total. The minimum absolute atomic E-state index is 0.228. The second kappa shape index (κ2) is 5.19. The lowest BCUT2D eigenvalue weighted by Crippen LogP contribution is -2.19. The molecule has 1 aliphatic carbocycles. The van der Waals surface area contributed by atoms with Crippen molar-refractivity contribution in [3.05, 3.63) is 70.8 Å². The molecule has 110 valence electrons. The Morgan fingerprint density at radius 1 is 1.10 bits per heavy atom. The average Bonchev–Trinajstić information content (AvgIpc) is 2.44. The Kier molecular flexibility index (Phi) is 3.49. The number of benzene rings is 2. The van der Waals surface area contributed by atoms with Gasteiger partial charge in [0.25, 0.3) is 0 Å². The van der Waals surface area contributed by atoms with Crippen LogP contribution in [-0.2, 0) is 12.6 Å². The molecule has 4 heteroatoms. The molecule has 0 aromatic heterocycles. The summed E-state index contributed by atoms with van der Waals surface area (Å²) in [5.41, 5.74) is 2.07. The van der Waals surface area contributed by atoms with Crippen LogP contribution in [0.3, 0.4) is 0 Å². The van der Waals surface area contributed by atoms with Gasteiger partial charge in [-0.05, 0) is 47.6 Å². The number of rotatable bonds is 3. The Hall–Kier alpha value is -1.81. The quantitative estimate of drug-likeness (QED) is 0.885. The normalized spacial score (nSPS) is 18.8. The van der Waals surface area contributed by atoms with Crippen LogP contribution in [0.4, 0.5) is 13.2 Å². The molecular formula is C17H15F3O. The summed E-state index contributed by atoms with van der Waals surface area (Å²) in [4.78, 5) is 0. The first kappa shape index (κ1) is 14.1. The van der Waals surface area contributed by atoms with E-state index in [2.05, 4.69) is 0 Å². The molecule has 0 heterocycles. The largest absolute Gasteiger partial charge is 0.416 e. The fraction of sp³-hybridized carbons (Fsp3) is 0.294. The molecule has 0 fully saturated rings. The molecule has 0 spiro atoms. The predicted octanol–water partition coefficient (Wildman–Crippen LogP) is 4.47. The molecule has 0 bridgehead atoms. The van der Waals surface area contributed by atoms with Crippen molar-refractivity contribution in [3.63, 3.8) is 0 Å². The molecule has 0 radical (unpaired) electrons. The maximum Gasteiger partial charge on any atom is 0.416 e. The first-order valence-electron chi connectivity index (χ1n) is 6.88. The highest BCUT2D eigenvalue weighted by Gasteiger charge is 2.32. The van der Waals surface area contributed by atoms with Gasteiger partial charge in [-0.15, -0.1) is 0 Å². The van der Waals surface area contributed by atoms with E-state index in [4.69, 9.17) is 0 Å². The first-order valence-corrected chi connectivity index (χ1v) is 6.88. The van der Waals surface area contributed by atoms with E-state index in [1.807, 2.05) is 24.3 Å². The molecule has 0 aliphatic heterocycles. The number of hydrogen-bond acceptors (Lipinski definition) is 1.